The third-order valence-corrected chi connectivity index (χ3v) is 4.50. The van der Waals surface area contributed by atoms with E-state index in [4.69, 9.17) is 4.74 Å². The maximum atomic E-state index is 13.6. The number of aromatic nitrogens is 4. The van der Waals surface area contributed by atoms with Gasteiger partial charge in [-0.15, -0.1) is 0 Å². The molecule has 0 fully saturated rings. The Morgan fingerprint density at radius 2 is 1.90 bits per heavy atom. The lowest BCUT2D eigenvalue weighted by Crippen LogP contribution is -2.16. The van der Waals surface area contributed by atoms with Crippen molar-refractivity contribution in [3.05, 3.63) is 71.8 Å². The van der Waals surface area contributed by atoms with Crippen molar-refractivity contribution in [3.63, 3.8) is 0 Å². The van der Waals surface area contributed by atoms with Gasteiger partial charge >= 0.3 is 6.18 Å². The number of halogens is 3. The highest BCUT2D eigenvalue weighted by molar-refractivity contribution is 6.03. The zero-order valence-corrected chi connectivity index (χ0v) is 16.4. The average Bonchev–Trinajstić information content (AvgIpc) is 3.13. The Kier molecular flexibility index (Phi) is 5.05. The molecule has 4 rings (SSSR count). The van der Waals surface area contributed by atoms with Gasteiger partial charge in [0.25, 0.3) is 5.91 Å². The van der Waals surface area contributed by atoms with Crippen LogP contribution in [0.2, 0.25) is 0 Å². The van der Waals surface area contributed by atoms with Crippen LogP contribution in [0.25, 0.3) is 16.9 Å². The van der Waals surface area contributed by atoms with Crippen molar-refractivity contribution in [3.8, 4) is 11.6 Å². The van der Waals surface area contributed by atoms with E-state index >= 15 is 0 Å². The number of aryl methyl sites for hydroxylation is 1. The van der Waals surface area contributed by atoms with E-state index in [0.717, 1.165) is 16.3 Å². The number of amides is 1. The normalized spacial score (nSPS) is 11.5. The second kappa shape index (κ2) is 7.71. The summed E-state index contributed by atoms with van der Waals surface area (Å²) in [5.41, 5.74) is 1.57. The topological polar surface area (TPSA) is 81.9 Å². The van der Waals surface area contributed by atoms with Crippen molar-refractivity contribution in [1.82, 2.24) is 19.5 Å². The number of nitrogens with one attached hydrogen (secondary N) is 1. The predicted molar refractivity (Wildman–Crippen MR) is 107 cm³/mol. The molecule has 2 heterocycles. The molecule has 0 radical (unpaired) electrons. The second-order valence-corrected chi connectivity index (χ2v) is 6.71. The van der Waals surface area contributed by atoms with Crippen LogP contribution >= 0.6 is 0 Å². The minimum absolute atomic E-state index is 0.0712. The van der Waals surface area contributed by atoms with E-state index in [1.807, 2.05) is 0 Å². The number of nitrogens with zero attached hydrogens (tertiary/aromatic N) is 4. The summed E-state index contributed by atoms with van der Waals surface area (Å²) in [4.78, 5) is 24.2. The monoisotopic (exact) mass is 427 g/mol. The standard InChI is InChI=1S/C21H16F3N5O2/c1-12-6-7-16-15(8-12)27-20(21(22,23)24)29(16)18-11-25-17(10-26-18)28-19(30)13-4-3-5-14(9-13)31-2/h3-11H,1-2H3,(H,25,28,30). The summed E-state index contributed by atoms with van der Waals surface area (Å²) in [6.07, 6.45) is -2.35. The summed E-state index contributed by atoms with van der Waals surface area (Å²) in [6.45, 7) is 1.77. The van der Waals surface area contributed by atoms with Gasteiger partial charge < -0.3 is 10.1 Å². The molecule has 4 aromatic rings. The first kappa shape index (κ1) is 20.3. The van der Waals surface area contributed by atoms with Crippen LogP contribution in [0, 0.1) is 6.92 Å². The van der Waals surface area contributed by atoms with Gasteiger partial charge in [0.1, 0.15) is 5.75 Å². The summed E-state index contributed by atoms with van der Waals surface area (Å²) in [7, 11) is 1.48. The number of alkyl halides is 3. The van der Waals surface area contributed by atoms with Gasteiger partial charge in [0.05, 0.1) is 30.5 Å². The first-order chi connectivity index (χ1) is 14.8. The van der Waals surface area contributed by atoms with E-state index in [9.17, 15) is 18.0 Å². The lowest BCUT2D eigenvalue weighted by molar-refractivity contribution is -0.145. The van der Waals surface area contributed by atoms with Crippen molar-refractivity contribution in [1.29, 1.82) is 0 Å². The summed E-state index contributed by atoms with van der Waals surface area (Å²) >= 11 is 0. The minimum Gasteiger partial charge on any atom is -0.497 e. The Bertz CT molecular complexity index is 1270. The largest absolute Gasteiger partial charge is 0.497 e. The molecule has 31 heavy (non-hydrogen) atoms. The molecule has 1 amide bonds. The van der Waals surface area contributed by atoms with Crippen molar-refractivity contribution < 1.29 is 22.7 Å². The van der Waals surface area contributed by atoms with Gasteiger partial charge in [-0.1, -0.05) is 12.1 Å². The number of hydrogen-bond acceptors (Lipinski definition) is 5. The Labute approximate surface area is 174 Å². The van der Waals surface area contributed by atoms with Crippen LogP contribution in [0.15, 0.2) is 54.9 Å². The van der Waals surface area contributed by atoms with Gasteiger partial charge in [-0.05, 0) is 42.8 Å². The Balaban J connectivity index is 1.67. The maximum absolute atomic E-state index is 13.6. The lowest BCUT2D eigenvalue weighted by atomic mass is 10.2. The molecule has 0 aliphatic rings. The molecule has 0 aliphatic carbocycles. The SMILES string of the molecule is COc1cccc(C(=O)Nc2cnc(-n3c(C(F)(F)F)nc4cc(C)ccc43)cn2)c1. The molecule has 0 spiro atoms. The van der Waals surface area contributed by atoms with Gasteiger partial charge in [-0.3, -0.25) is 9.36 Å². The number of carbonyl (C=O) groups is 1. The van der Waals surface area contributed by atoms with Gasteiger partial charge in [-0.2, -0.15) is 13.2 Å². The fourth-order valence-electron chi connectivity index (χ4n) is 3.07. The van der Waals surface area contributed by atoms with E-state index in [1.165, 1.54) is 13.3 Å². The van der Waals surface area contributed by atoms with Crippen LogP contribution < -0.4 is 10.1 Å². The van der Waals surface area contributed by atoms with E-state index < -0.39 is 17.9 Å². The first-order valence-corrected chi connectivity index (χ1v) is 9.10. The molecule has 0 bridgehead atoms. The quantitative estimate of drug-likeness (QED) is 0.522. The molecule has 2 aromatic heterocycles. The zero-order chi connectivity index (χ0) is 22.2. The summed E-state index contributed by atoms with van der Waals surface area (Å²) in [5, 5.41) is 2.56. The number of carbonyl (C=O) groups excluding carboxylic acids is 1. The Morgan fingerprint density at radius 1 is 1.10 bits per heavy atom. The van der Waals surface area contributed by atoms with Crippen molar-refractivity contribution in [2.45, 2.75) is 13.1 Å². The van der Waals surface area contributed by atoms with Crippen molar-refractivity contribution in [2.75, 3.05) is 12.4 Å². The molecule has 0 saturated heterocycles. The van der Waals surface area contributed by atoms with E-state index in [1.54, 1.807) is 49.4 Å². The Hall–Kier alpha value is -3.95. The molecular weight excluding hydrogens is 411 g/mol. The number of benzene rings is 2. The Morgan fingerprint density at radius 3 is 2.58 bits per heavy atom. The third kappa shape index (κ3) is 4.04. The second-order valence-electron chi connectivity index (χ2n) is 6.71. The molecule has 1 N–H and O–H groups in total. The third-order valence-electron chi connectivity index (χ3n) is 4.50. The molecule has 7 nitrogen and oxygen atoms in total. The molecular formula is C21H16F3N5O2. The van der Waals surface area contributed by atoms with Crippen LogP contribution in [-0.4, -0.2) is 32.5 Å². The number of anilines is 1. The van der Waals surface area contributed by atoms with Gasteiger partial charge in [0.2, 0.25) is 5.82 Å². The molecule has 0 atom stereocenters. The fraction of sp³-hybridized carbons (Fsp3) is 0.143. The molecule has 158 valence electrons. The molecule has 0 aliphatic heterocycles. The zero-order valence-electron chi connectivity index (χ0n) is 16.4. The van der Waals surface area contributed by atoms with E-state index in [0.29, 0.717) is 11.3 Å². The summed E-state index contributed by atoms with van der Waals surface area (Å²) in [5.74, 6) is -1.03. The van der Waals surface area contributed by atoms with E-state index in [2.05, 4.69) is 20.3 Å². The van der Waals surface area contributed by atoms with Crippen LogP contribution in [-0.2, 0) is 6.18 Å². The summed E-state index contributed by atoms with van der Waals surface area (Å²) in [6, 6.07) is 11.3. The van der Waals surface area contributed by atoms with Crippen LogP contribution in [0.4, 0.5) is 19.0 Å². The summed E-state index contributed by atoms with van der Waals surface area (Å²) < 4.78 is 46.7. The van der Waals surface area contributed by atoms with Gasteiger partial charge in [0, 0.05) is 5.56 Å². The molecule has 2 aromatic carbocycles. The number of rotatable bonds is 4. The average molecular weight is 427 g/mol. The lowest BCUT2D eigenvalue weighted by Gasteiger charge is -2.11. The highest BCUT2D eigenvalue weighted by atomic mass is 19.4. The molecule has 0 saturated carbocycles. The number of fused-ring (bicyclic) bond motifs is 1. The van der Waals surface area contributed by atoms with Crippen molar-refractivity contribution >= 4 is 22.8 Å². The van der Waals surface area contributed by atoms with Crippen LogP contribution in [0.1, 0.15) is 21.7 Å². The highest BCUT2D eigenvalue weighted by Crippen LogP contribution is 2.33. The molecule has 10 heteroatoms. The fourth-order valence-corrected chi connectivity index (χ4v) is 3.07. The number of methoxy groups -OCH3 is 1. The smallest absolute Gasteiger partial charge is 0.450 e. The molecule has 0 unspecified atom stereocenters. The van der Waals surface area contributed by atoms with Crippen molar-refractivity contribution in [2.24, 2.45) is 0 Å². The highest BCUT2D eigenvalue weighted by Gasteiger charge is 2.38. The van der Waals surface area contributed by atoms with E-state index in [-0.39, 0.29) is 22.7 Å². The van der Waals surface area contributed by atoms with Crippen LogP contribution in [0.5, 0.6) is 5.75 Å². The van der Waals surface area contributed by atoms with Gasteiger partial charge in [-0.25, -0.2) is 15.0 Å². The maximum Gasteiger partial charge on any atom is 0.450 e. The number of ether oxygens (including phenoxy) is 1. The number of hydrogen-bond donors (Lipinski definition) is 1. The van der Waals surface area contributed by atoms with Crippen LogP contribution in [0.3, 0.4) is 0 Å². The van der Waals surface area contributed by atoms with Gasteiger partial charge in [0.15, 0.2) is 11.6 Å². The first-order valence-electron chi connectivity index (χ1n) is 9.10. The minimum atomic E-state index is -4.69. The predicted octanol–water partition coefficient (Wildman–Crippen LogP) is 4.40. The number of imidazole rings is 1.